The summed E-state index contributed by atoms with van der Waals surface area (Å²) in [5.41, 5.74) is -0.148. The minimum Gasteiger partial charge on any atom is -0.251 e. The zero-order valence-corrected chi connectivity index (χ0v) is 7.87. The van der Waals surface area contributed by atoms with Crippen molar-refractivity contribution in [1.29, 1.82) is 0 Å². The van der Waals surface area contributed by atoms with Crippen molar-refractivity contribution in [3.63, 3.8) is 0 Å². The molecular formula is C10H16O2. The molecule has 2 heteroatoms. The summed E-state index contributed by atoms with van der Waals surface area (Å²) in [5, 5.41) is 8.83. The molecule has 1 N–H and O–H groups in total. The van der Waals surface area contributed by atoms with Crippen LogP contribution in [0.4, 0.5) is 0 Å². The minimum absolute atomic E-state index is 0.298. The summed E-state index contributed by atoms with van der Waals surface area (Å²) >= 11 is 0. The van der Waals surface area contributed by atoms with Crippen molar-refractivity contribution in [2.75, 3.05) is 0 Å². The summed E-state index contributed by atoms with van der Waals surface area (Å²) < 4.78 is 0. The average molecular weight is 168 g/mol. The van der Waals surface area contributed by atoms with E-state index in [4.69, 9.17) is 5.26 Å². The SMILES string of the molecule is CC1(C)[C@H]2C[C@@H]1C=C[C@]2(C)OO. The van der Waals surface area contributed by atoms with Gasteiger partial charge in [0, 0.05) is 5.92 Å². The number of hydrogen-bond acceptors (Lipinski definition) is 2. The quantitative estimate of drug-likeness (QED) is 0.370. The molecule has 0 saturated heterocycles. The smallest absolute Gasteiger partial charge is 0.122 e. The molecule has 1 saturated carbocycles. The predicted molar refractivity (Wildman–Crippen MR) is 46.6 cm³/mol. The van der Waals surface area contributed by atoms with E-state index in [1.807, 2.05) is 13.0 Å². The Morgan fingerprint density at radius 1 is 1.42 bits per heavy atom. The maximum absolute atomic E-state index is 8.83. The highest BCUT2D eigenvalue weighted by Gasteiger charge is 2.58. The van der Waals surface area contributed by atoms with Gasteiger partial charge in [-0.1, -0.05) is 26.0 Å². The van der Waals surface area contributed by atoms with E-state index in [0.717, 1.165) is 6.42 Å². The monoisotopic (exact) mass is 168 g/mol. The lowest BCUT2D eigenvalue weighted by atomic mass is 9.47. The fraction of sp³-hybridized carbons (Fsp3) is 0.800. The summed E-state index contributed by atoms with van der Waals surface area (Å²) in [6, 6.07) is 0. The number of rotatable bonds is 1. The summed E-state index contributed by atoms with van der Waals surface area (Å²) in [5.74, 6) is 1.15. The molecule has 0 spiro atoms. The Morgan fingerprint density at radius 2 is 2.08 bits per heavy atom. The highest BCUT2D eigenvalue weighted by Crippen LogP contribution is 2.60. The second-order valence-electron chi connectivity index (χ2n) is 4.85. The molecule has 0 amide bonds. The predicted octanol–water partition coefficient (Wildman–Crippen LogP) is 2.47. The van der Waals surface area contributed by atoms with E-state index in [0.29, 0.717) is 17.3 Å². The maximum Gasteiger partial charge on any atom is 0.122 e. The highest BCUT2D eigenvalue weighted by molar-refractivity contribution is 5.23. The topological polar surface area (TPSA) is 29.5 Å². The Labute approximate surface area is 73.2 Å². The van der Waals surface area contributed by atoms with Gasteiger partial charge >= 0.3 is 0 Å². The Morgan fingerprint density at radius 3 is 2.42 bits per heavy atom. The Balaban J connectivity index is 2.33. The molecule has 68 valence electrons. The lowest BCUT2D eigenvalue weighted by molar-refractivity contribution is -0.340. The first kappa shape index (κ1) is 8.27. The molecule has 0 unspecified atom stereocenters. The maximum atomic E-state index is 8.83. The molecule has 3 aliphatic carbocycles. The third-order valence-corrected chi connectivity index (χ3v) is 3.89. The summed E-state index contributed by atoms with van der Waals surface area (Å²) in [7, 11) is 0. The number of hydrogen-bond donors (Lipinski definition) is 1. The van der Waals surface area contributed by atoms with Crippen LogP contribution >= 0.6 is 0 Å². The Kier molecular flexibility index (Phi) is 1.46. The first-order chi connectivity index (χ1) is 5.50. The van der Waals surface area contributed by atoms with Gasteiger partial charge in [0.15, 0.2) is 0 Å². The van der Waals surface area contributed by atoms with Gasteiger partial charge in [0.05, 0.1) is 0 Å². The zero-order chi connectivity index (χ0) is 8.98. The Hall–Kier alpha value is -0.340. The van der Waals surface area contributed by atoms with Crippen LogP contribution in [-0.2, 0) is 4.89 Å². The van der Waals surface area contributed by atoms with Crippen molar-refractivity contribution in [2.45, 2.75) is 32.8 Å². The molecule has 0 aromatic heterocycles. The lowest BCUT2D eigenvalue weighted by Crippen LogP contribution is -2.58. The molecule has 3 aliphatic rings. The van der Waals surface area contributed by atoms with Crippen LogP contribution < -0.4 is 0 Å². The van der Waals surface area contributed by atoms with Gasteiger partial charge in [-0.2, -0.15) is 0 Å². The first-order valence-corrected chi connectivity index (χ1v) is 4.52. The molecule has 0 aromatic carbocycles. The molecule has 3 atom stereocenters. The highest BCUT2D eigenvalue weighted by atomic mass is 17.1. The Bertz CT molecular complexity index is 232. The molecule has 0 aromatic rings. The largest absolute Gasteiger partial charge is 0.251 e. The summed E-state index contributed by atoms with van der Waals surface area (Å²) in [6.07, 6.45) is 5.33. The molecular weight excluding hydrogens is 152 g/mol. The van der Waals surface area contributed by atoms with Crippen LogP contribution in [0.25, 0.3) is 0 Å². The number of fused-ring (bicyclic) bond motifs is 1. The minimum atomic E-state index is -0.446. The van der Waals surface area contributed by atoms with E-state index in [1.54, 1.807) is 0 Å². The molecule has 2 bridgehead atoms. The van der Waals surface area contributed by atoms with Gasteiger partial charge < -0.3 is 0 Å². The van der Waals surface area contributed by atoms with E-state index in [-0.39, 0.29) is 0 Å². The summed E-state index contributed by atoms with van der Waals surface area (Å²) in [4.78, 5) is 4.58. The van der Waals surface area contributed by atoms with E-state index in [1.165, 1.54) is 0 Å². The normalized spacial score (nSPS) is 48.7. The van der Waals surface area contributed by atoms with Crippen molar-refractivity contribution in [1.82, 2.24) is 0 Å². The van der Waals surface area contributed by atoms with E-state index in [2.05, 4.69) is 24.8 Å². The first-order valence-electron chi connectivity index (χ1n) is 4.52. The van der Waals surface area contributed by atoms with Crippen LogP contribution in [0.2, 0.25) is 0 Å². The second-order valence-corrected chi connectivity index (χ2v) is 4.85. The van der Waals surface area contributed by atoms with Crippen molar-refractivity contribution < 1.29 is 10.1 Å². The molecule has 3 rings (SSSR count). The van der Waals surface area contributed by atoms with Crippen molar-refractivity contribution in [3.8, 4) is 0 Å². The lowest BCUT2D eigenvalue weighted by Gasteiger charge is -2.59. The number of allylic oxidation sites excluding steroid dienone is 1. The average Bonchev–Trinajstić information content (AvgIpc) is 2.04. The third kappa shape index (κ3) is 0.771. The van der Waals surface area contributed by atoms with Crippen LogP contribution in [-0.4, -0.2) is 10.9 Å². The molecule has 0 heterocycles. The molecule has 12 heavy (non-hydrogen) atoms. The van der Waals surface area contributed by atoms with Crippen LogP contribution in [0.5, 0.6) is 0 Å². The fourth-order valence-corrected chi connectivity index (χ4v) is 2.78. The molecule has 0 radical (unpaired) electrons. The van der Waals surface area contributed by atoms with Crippen molar-refractivity contribution in [3.05, 3.63) is 12.2 Å². The zero-order valence-electron chi connectivity index (χ0n) is 7.87. The van der Waals surface area contributed by atoms with Crippen LogP contribution in [0.15, 0.2) is 12.2 Å². The van der Waals surface area contributed by atoms with Crippen LogP contribution in [0, 0.1) is 17.3 Å². The molecule has 1 fully saturated rings. The van der Waals surface area contributed by atoms with Gasteiger partial charge in [0.2, 0.25) is 0 Å². The van der Waals surface area contributed by atoms with Gasteiger partial charge in [-0.15, -0.1) is 0 Å². The third-order valence-electron chi connectivity index (χ3n) is 3.89. The van der Waals surface area contributed by atoms with E-state index < -0.39 is 5.60 Å². The second kappa shape index (κ2) is 2.12. The van der Waals surface area contributed by atoms with Gasteiger partial charge in [0.25, 0.3) is 0 Å². The van der Waals surface area contributed by atoms with Crippen LogP contribution in [0.1, 0.15) is 27.2 Å². The molecule has 2 nitrogen and oxygen atoms in total. The standard InChI is InChI=1S/C10H16O2/c1-9(2)7-4-5-10(3,12-11)8(9)6-7/h4-5,7-8,11H,6H2,1-3H3/t7-,8+,10-/m0/s1. The van der Waals surface area contributed by atoms with Gasteiger partial charge in [-0.05, 0) is 24.7 Å². The van der Waals surface area contributed by atoms with Crippen LogP contribution in [0.3, 0.4) is 0 Å². The van der Waals surface area contributed by atoms with Crippen molar-refractivity contribution in [2.24, 2.45) is 17.3 Å². The van der Waals surface area contributed by atoms with Gasteiger partial charge in [-0.3, -0.25) is 5.26 Å². The molecule has 0 aliphatic heterocycles. The fourth-order valence-electron chi connectivity index (χ4n) is 2.78. The van der Waals surface area contributed by atoms with Gasteiger partial charge in [-0.25, -0.2) is 4.89 Å². The van der Waals surface area contributed by atoms with E-state index in [9.17, 15) is 0 Å². The van der Waals surface area contributed by atoms with Crippen molar-refractivity contribution >= 4 is 0 Å². The summed E-state index contributed by atoms with van der Waals surface area (Å²) in [6.45, 7) is 6.44. The van der Waals surface area contributed by atoms with E-state index >= 15 is 0 Å². The van der Waals surface area contributed by atoms with Gasteiger partial charge in [0.1, 0.15) is 5.60 Å².